The molecule has 0 saturated heterocycles. The molecular weight excluding hydrogens is 364 g/mol. The average Bonchev–Trinajstić information content (AvgIpc) is 3.17. The first-order valence-electron chi connectivity index (χ1n) is 8.84. The summed E-state index contributed by atoms with van der Waals surface area (Å²) in [4.78, 5) is 14.1. The van der Waals surface area contributed by atoms with Crippen molar-refractivity contribution >= 4 is 22.0 Å². The fourth-order valence-electron chi connectivity index (χ4n) is 3.00. The molecule has 1 aliphatic rings. The second-order valence-electron chi connectivity index (χ2n) is 7.13. The summed E-state index contributed by atoms with van der Waals surface area (Å²) in [5, 5.41) is 5.11. The summed E-state index contributed by atoms with van der Waals surface area (Å²) in [6, 6.07) is 9.83. The molecule has 6 nitrogen and oxygen atoms in total. The zero-order valence-electron chi connectivity index (χ0n) is 15.6. The number of sulfonamides is 1. The lowest BCUT2D eigenvalue weighted by Crippen LogP contribution is -2.28. The SMILES string of the molecule is CC1CC1c1ccc(/C=C/C(=O)N(C)C(C)c2ccc(S(N)(=O)=O)cc2)o1. The lowest BCUT2D eigenvalue weighted by Gasteiger charge is -2.24. The van der Waals surface area contributed by atoms with E-state index in [1.807, 2.05) is 19.1 Å². The molecule has 3 unspecified atom stereocenters. The number of nitrogens with zero attached hydrogens (tertiary/aromatic N) is 1. The summed E-state index contributed by atoms with van der Waals surface area (Å²) in [7, 11) is -2.03. The maximum absolute atomic E-state index is 12.4. The van der Waals surface area contributed by atoms with Crippen LogP contribution in [-0.4, -0.2) is 26.3 Å². The topological polar surface area (TPSA) is 93.6 Å². The molecule has 0 radical (unpaired) electrons. The van der Waals surface area contributed by atoms with Crippen molar-refractivity contribution in [2.24, 2.45) is 11.1 Å². The molecule has 2 N–H and O–H groups in total. The van der Waals surface area contributed by atoms with E-state index in [1.165, 1.54) is 18.2 Å². The Kier molecular flexibility index (Phi) is 5.26. The van der Waals surface area contributed by atoms with Gasteiger partial charge in [-0.05, 0) is 55.2 Å². The van der Waals surface area contributed by atoms with E-state index in [2.05, 4.69) is 6.92 Å². The molecular formula is C20H24N2O4S. The average molecular weight is 388 g/mol. The van der Waals surface area contributed by atoms with Gasteiger partial charge in [-0.15, -0.1) is 0 Å². The molecule has 2 aromatic rings. The Morgan fingerprint density at radius 2 is 1.89 bits per heavy atom. The van der Waals surface area contributed by atoms with Crippen molar-refractivity contribution in [3.63, 3.8) is 0 Å². The van der Waals surface area contributed by atoms with Gasteiger partial charge < -0.3 is 9.32 Å². The number of likely N-dealkylation sites (N-methyl/N-ethyl adjacent to an activating group) is 1. The van der Waals surface area contributed by atoms with E-state index >= 15 is 0 Å². The van der Waals surface area contributed by atoms with Crippen LogP contribution >= 0.6 is 0 Å². The first-order chi connectivity index (χ1) is 12.7. The second kappa shape index (κ2) is 7.32. The highest BCUT2D eigenvalue weighted by Gasteiger charge is 2.36. The maximum atomic E-state index is 12.4. The Bertz CT molecular complexity index is 960. The number of hydrogen-bond acceptors (Lipinski definition) is 4. The summed E-state index contributed by atoms with van der Waals surface area (Å²) in [5.74, 6) is 2.64. The molecule has 1 saturated carbocycles. The molecule has 0 aliphatic heterocycles. The highest BCUT2D eigenvalue weighted by molar-refractivity contribution is 7.89. The minimum Gasteiger partial charge on any atom is -0.461 e. The number of carbonyl (C=O) groups excluding carboxylic acids is 1. The fourth-order valence-corrected chi connectivity index (χ4v) is 3.51. The number of amides is 1. The molecule has 1 aromatic heterocycles. The molecule has 1 amide bonds. The quantitative estimate of drug-likeness (QED) is 0.769. The summed E-state index contributed by atoms with van der Waals surface area (Å²) >= 11 is 0. The molecule has 1 fully saturated rings. The predicted molar refractivity (Wildman–Crippen MR) is 103 cm³/mol. The Labute approximate surface area is 159 Å². The van der Waals surface area contributed by atoms with Crippen molar-refractivity contribution < 1.29 is 17.6 Å². The van der Waals surface area contributed by atoms with Crippen molar-refractivity contribution in [1.82, 2.24) is 4.90 Å². The van der Waals surface area contributed by atoms with Gasteiger partial charge in [-0.3, -0.25) is 4.79 Å². The third kappa shape index (κ3) is 4.48. The standard InChI is InChI=1S/C20H24N2O4S/c1-13-12-18(13)19-10-6-16(26-19)7-11-20(23)22(3)14(2)15-4-8-17(9-5-15)27(21,24)25/h4-11,13-14,18H,12H2,1-3H3,(H2,21,24,25)/b11-7+. The zero-order chi connectivity index (χ0) is 19.8. The highest BCUT2D eigenvalue weighted by atomic mass is 32.2. The van der Waals surface area contributed by atoms with Crippen LogP contribution in [0.15, 0.2) is 51.8 Å². The van der Waals surface area contributed by atoms with Crippen molar-refractivity contribution in [3.05, 3.63) is 59.6 Å². The summed E-state index contributed by atoms with van der Waals surface area (Å²) < 4.78 is 28.4. The molecule has 1 aromatic carbocycles. The van der Waals surface area contributed by atoms with Gasteiger partial charge in [-0.1, -0.05) is 19.1 Å². The first-order valence-corrected chi connectivity index (χ1v) is 10.4. The molecule has 7 heteroatoms. The number of hydrogen-bond donors (Lipinski definition) is 1. The van der Waals surface area contributed by atoms with E-state index in [4.69, 9.17) is 9.56 Å². The van der Waals surface area contributed by atoms with E-state index in [0.717, 1.165) is 17.7 Å². The van der Waals surface area contributed by atoms with Crippen molar-refractivity contribution in [2.45, 2.75) is 37.1 Å². The van der Waals surface area contributed by atoms with E-state index in [-0.39, 0.29) is 16.8 Å². The fraction of sp³-hybridized carbons (Fsp3) is 0.350. The molecule has 1 heterocycles. The van der Waals surface area contributed by atoms with Crippen LogP contribution in [0.3, 0.4) is 0 Å². The normalized spacial score (nSPS) is 20.6. The van der Waals surface area contributed by atoms with Gasteiger partial charge in [0.05, 0.1) is 10.9 Å². The Morgan fingerprint density at radius 1 is 1.26 bits per heavy atom. The number of primary sulfonamides is 1. The van der Waals surface area contributed by atoms with E-state index in [1.54, 1.807) is 30.2 Å². The molecule has 27 heavy (non-hydrogen) atoms. The Balaban J connectivity index is 1.64. The third-order valence-electron chi connectivity index (χ3n) is 5.13. The number of nitrogens with two attached hydrogens (primary N) is 1. The maximum Gasteiger partial charge on any atom is 0.246 e. The van der Waals surface area contributed by atoms with Gasteiger partial charge in [0.25, 0.3) is 0 Å². The van der Waals surface area contributed by atoms with Gasteiger partial charge in [0.1, 0.15) is 11.5 Å². The summed E-state index contributed by atoms with van der Waals surface area (Å²) in [6.07, 6.45) is 4.31. The van der Waals surface area contributed by atoms with Gasteiger partial charge in [-0.25, -0.2) is 13.6 Å². The van der Waals surface area contributed by atoms with Gasteiger partial charge in [-0.2, -0.15) is 0 Å². The van der Waals surface area contributed by atoms with Gasteiger partial charge >= 0.3 is 0 Å². The lowest BCUT2D eigenvalue weighted by molar-refractivity contribution is -0.126. The zero-order valence-corrected chi connectivity index (χ0v) is 16.4. The summed E-state index contributed by atoms with van der Waals surface area (Å²) in [6.45, 7) is 4.06. The van der Waals surface area contributed by atoms with Crippen molar-refractivity contribution in [1.29, 1.82) is 0 Å². The second-order valence-corrected chi connectivity index (χ2v) is 8.69. The van der Waals surface area contributed by atoms with Gasteiger partial charge in [0, 0.05) is 19.0 Å². The van der Waals surface area contributed by atoms with E-state index in [0.29, 0.717) is 17.6 Å². The molecule has 0 bridgehead atoms. The Hall–Kier alpha value is -2.38. The summed E-state index contributed by atoms with van der Waals surface area (Å²) in [5.41, 5.74) is 0.814. The van der Waals surface area contributed by atoms with Crippen LogP contribution in [0.5, 0.6) is 0 Å². The minimum absolute atomic E-state index is 0.0472. The smallest absolute Gasteiger partial charge is 0.246 e. The van der Waals surface area contributed by atoms with Gasteiger partial charge in [0.2, 0.25) is 15.9 Å². The van der Waals surface area contributed by atoms with Crippen LogP contribution in [0.2, 0.25) is 0 Å². The van der Waals surface area contributed by atoms with Crippen LogP contribution in [0.4, 0.5) is 0 Å². The van der Waals surface area contributed by atoms with Crippen molar-refractivity contribution in [3.8, 4) is 0 Å². The largest absolute Gasteiger partial charge is 0.461 e. The molecule has 144 valence electrons. The number of rotatable bonds is 6. The van der Waals surface area contributed by atoms with Crippen LogP contribution in [0.1, 0.15) is 49.3 Å². The van der Waals surface area contributed by atoms with Crippen LogP contribution in [0.25, 0.3) is 6.08 Å². The molecule has 0 spiro atoms. The lowest BCUT2D eigenvalue weighted by atomic mass is 10.1. The Morgan fingerprint density at radius 3 is 2.44 bits per heavy atom. The minimum atomic E-state index is -3.73. The third-order valence-corrected chi connectivity index (χ3v) is 6.06. The van der Waals surface area contributed by atoms with E-state index in [9.17, 15) is 13.2 Å². The van der Waals surface area contributed by atoms with Crippen molar-refractivity contribution in [2.75, 3.05) is 7.05 Å². The van der Waals surface area contributed by atoms with Crippen LogP contribution < -0.4 is 5.14 Å². The number of benzene rings is 1. The predicted octanol–water partition coefficient (Wildman–Crippen LogP) is 3.28. The monoisotopic (exact) mass is 388 g/mol. The highest BCUT2D eigenvalue weighted by Crippen LogP contribution is 2.47. The van der Waals surface area contributed by atoms with E-state index < -0.39 is 10.0 Å². The number of carbonyl (C=O) groups is 1. The number of furan rings is 1. The molecule has 1 aliphatic carbocycles. The van der Waals surface area contributed by atoms with Gasteiger partial charge in [0.15, 0.2) is 0 Å². The first kappa shape index (κ1) is 19.4. The molecule has 3 rings (SSSR count). The molecule has 3 atom stereocenters. The van der Waals surface area contributed by atoms with Crippen LogP contribution in [0, 0.1) is 5.92 Å². The van der Waals surface area contributed by atoms with Crippen LogP contribution in [-0.2, 0) is 14.8 Å².